The molecule has 0 spiro atoms. The SMILES string of the molecule is COc1cccc(C=CC(=O)Nc2ccccc2C(C)=O)c1. The first-order valence-electron chi connectivity index (χ1n) is 6.83. The molecule has 0 saturated heterocycles. The lowest BCUT2D eigenvalue weighted by Gasteiger charge is -2.06. The molecule has 0 aliphatic rings. The molecule has 0 aliphatic heterocycles. The van der Waals surface area contributed by atoms with Crippen LogP contribution < -0.4 is 10.1 Å². The van der Waals surface area contributed by atoms with Gasteiger partial charge in [-0.15, -0.1) is 0 Å². The molecule has 0 radical (unpaired) electrons. The third-order valence-electron chi connectivity index (χ3n) is 3.09. The molecule has 112 valence electrons. The Kier molecular flexibility index (Phi) is 5.09. The Morgan fingerprint density at radius 1 is 1.09 bits per heavy atom. The van der Waals surface area contributed by atoms with Gasteiger partial charge in [-0.05, 0) is 42.8 Å². The van der Waals surface area contributed by atoms with Crippen LogP contribution in [0.4, 0.5) is 5.69 Å². The lowest BCUT2D eigenvalue weighted by molar-refractivity contribution is -0.111. The van der Waals surface area contributed by atoms with Gasteiger partial charge in [0, 0.05) is 11.6 Å². The minimum Gasteiger partial charge on any atom is -0.497 e. The zero-order chi connectivity index (χ0) is 15.9. The Morgan fingerprint density at radius 2 is 1.86 bits per heavy atom. The number of ketones is 1. The van der Waals surface area contributed by atoms with Crippen LogP contribution in [0.2, 0.25) is 0 Å². The lowest BCUT2D eigenvalue weighted by atomic mass is 10.1. The molecular weight excluding hydrogens is 278 g/mol. The molecule has 0 atom stereocenters. The van der Waals surface area contributed by atoms with Gasteiger partial charge in [0.25, 0.3) is 0 Å². The van der Waals surface area contributed by atoms with E-state index in [2.05, 4.69) is 5.32 Å². The number of ether oxygens (including phenoxy) is 1. The maximum Gasteiger partial charge on any atom is 0.248 e. The summed E-state index contributed by atoms with van der Waals surface area (Å²) in [6.45, 7) is 1.47. The summed E-state index contributed by atoms with van der Waals surface area (Å²) in [6, 6.07) is 14.3. The molecule has 0 fully saturated rings. The van der Waals surface area contributed by atoms with Crippen LogP contribution in [0.25, 0.3) is 6.08 Å². The van der Waals surface area contributed by atoms with Gasteiger partial charge < -0.3 is 10.1 Å². The molecule has 0 aromatic heterocycles. The first kappa shape index (κ1) is 15.5. The second-order valence-electron chi connectivity index (χ2n) is 4.70. The fraction of sp³-hybridized carbons (Fsp3) is 0.111. The zero-order valence-corrected chi connectivity index (χ0v) is 12.5. The van der Waals surface area contributed by atoms with E-state index in [9.17, 15) is 9.59 Å². The highest BCUT2D eigenvalue weighted by atomic mass is 16.5. The molecule has 4 heteroatoms. The fourth-order valence-corrected chi connectivity index (χ4v) is 1.99. The zero-order valence-electron chi connectivity index (χ0n) is 12.5. The summed E-state index contributed by atoms with van der Waals surface area (Å²) >= 11 is 0. The van der Waals surface area contributed by atoms with Gasteiger partial charge in [-0.2, -0.15) is 0 Å². The Balaban J connectivity index is 2.10. The predicted octanol–water partition coefficient (Wildman–Crippen LogP) is 3.55. The van der Waals surface area contributed by atoms with Gasteiger partial charge in [-0.3, -0.25) is 9.59 Å². The van der Waals surface area contributed by atoms with Crippen molar-refractivity contribution in [1.82, 2.24) is 0 Å². The molecule has 1 N–H and O–H groups in total. The molecule has 0 heterocycles. The standard InChI is InChI=1S/C18H17NO3/c1-13(20)16-8-3-4-9-17(16)19-18(21)11-10-14-6-5-7-15(12-14)22-2/h3-12H,1-2H3,(H,19,21). The van der Waals surface area contributed by atoms with E-state index in [1.807, 2.05) is 24.3 Å². The van der Waals surface area contributed by atoms with E-state index in [0.29, 0.717) is 11.3 Å². The number of methoxy groups -OCH3 is 1. The summed E-state index contributed by atoms with van der Waals surface area (Å²) in [5.74, 6) is 0.341. The number of hydrogen-bond acceptors (Lipinski definition) is 3. The number of nitrogens with one attached hydrogen (secondary N) is 1. The molecule has 2 aromatic rings. The minimum atomic E-state index is -0.295. The van der Waals surface area contributed by atoms with Crippen LogP contribution in [0.1, 0.15) is 22.8 Å². The molecule has 22 heavy (non-hydrogen) atoms. The normalized spacial score (nSPS) is 10.5. The van der Waals surface area contributed by atoms with E-state index in [4.69, 9.17) is 4.74 Å². The second-order valence-corrected chi connectivity index (χ2v) is 4.70. The summed E-state index contributed by atoms with van der Waals surface area (Å²) in [5, 5.41) is 2.71. The third kappa shape index (κ3) is 4.06. The van der Waals surface area contributed by atoms with Crippen LogP contribution in [0.5, 0.6) is 5.75 Å². The van der Waals surface area contributed by atoms with Gasteiger partial charge in [0.05, 0.1) is 12.8 Å². The molecule has 0 saturated carbocycles. The number of hydrogen-bond donors (Lipinski definition) is 1. The largest absolute Gasteiger partial charge is 0.497 e. The molecule has 2 aromatic carbocycles. The molecular formula is C18H17NO3. The average molecular weight is 295 g/mol. The van der Waals surface area contributed by atoms with Crippen molar-refractivity contribution in [3.8, 4) is 5.75 Å². The van der Waals surface area contributed by atoms with E-state index >= 15 is 0 Å². The van der Waals surface area contributed by atoms with Crippen molar-refractivity contribution < 1.29 is 14.3 Å². The highest BCUT2D eigenvalue weighted by Gasteiger charge is 2.07. The van der Waals surface area contributed by atoms with E-state index in [-0.39, 0.29) is 11.7 Å². The van der Waals surface area contributed by atoms with Gasteiger partial charge in [-0.1, -0.05) is 24.3 Å². The molecule has 0 bridgehead atoms. The van der Waals surface area contributed by atoms with Crippen LogP contribution in [0.3, 0.4) is 0 Å². The van der Waals surface area contributed by atoms with E-state index in [1.165, 1.54) is 13.0 Å². The summed E-state index contributed by atoms with van der Waals surface area (Å²) in [7, 11) is 1.59. The van der Waals surface area contributed by atoms with Crippen LogP contribution in [-0.4, -0.2) is 18.8 Å². The summed E-state index contributed by atoms with van der Waals surface area (Å²) in [6.07, 6.45) is 3.11. The van der Waals surface area contributed by atoms with E-state index in [0.717, 1.165) is 11.3 Å². The van der Waals surface area contributed by atoms with E-state index < -0.39 is 0 Å². The van der Waals surface area contributed by atoms with Gasteiger partial charge in [0.2, 0.25) is 5.91 Å². The van der Waals surface area contributed by atoms with Crippen molar-refractivity contribution in [1.29, 1.82) is 0 Å². The summed E-state index contributed by atoms with van der Waals surface area (Å²) in [5.41, 5.74) is 1.86. The Hall–Kier alpha value is -2.88. The predicted molar refractivity (Wildman–Crippen MR) is 87.1 cm³/mol. The maximum atomic E-state index is 12.0. The van der Waals surface area contributed by atoms with E-state index in [1.54, 1.807) is 37.5 Å². The van der Waals surface area contributed by atoms with Crippen molar-refractivity contribution in [2.75, 3.05) is 12.4 Å². The number of para-hydroxylation sites is 1. The number of rotatable bonds is 5. The smallest absolute Gasteiger partial charge is 0.248 e. The Bertz CT molecular complexity index is 720. The topological polar surface area (TPSA) is 55.4 Å². The fourth-order valence-electron chi connectivity index (χ4n) is 1.99. The van der Waals surface area contributed by atoms with Crippen molar-refractivity contribution in [2.45, 2.75) is 6.92 Å². The van der Waals surface area contributed by atoms with Crippen LogP contribution in [0.15, 0.2) is 54.6 Å². The summed E-state index contributed by atoms with van der Waals surface area (Å²) < 4.78 is 5.13. The molecule has 0 unspecified atom stereocenters. The number of amides is 1. The molecule has 2 rings (SSSR count). The van der Waals surface area contributed by atoms with Crippen molar-refractivity contribution in [2.24, 2.45) is 0 Å². The van der Waals surface area contributed by atoms with Gasteiger partial charge in [0.15, 0.2) is 5.78 Å². The van der Waals surface area contributed by atoms with Gasteiger partial charge in [-0.25, -0.2) is 0 Å². The third-order valence-corrected chi connectivity index (χ3v) is 3.09. The monoisotopic (exact) mass is 295 g/mol. The first-order chi connectivity index (χ1) is 10.6. The number of Topliss-reactive ketones (excluding diaryl/α,β-unsaturated/α-hetero) is 1. The van der Waals surface area contributed by atoms with Crippen molar-refractivity contribution in [3.05, 3.63) is 65.7 Å². The highest BCUT2D eigenvalue weighted by Crippen LogP contribution is 2.16. The van der Waals surface area contributed by atoms with Crippen LogP contribution in [0, 0.1) is 0 Å². The minimum absolute atomic E-state index is 0.0901. The molecule has 1 amide bonds. The Labute approximate surface area is 129 Å². The second kappa shape index (κ2) is 7.22. The molecule has 0 aliphatic carbocycles. The number of benzene rings is 2. The number of carbonyl (C=O) groups is 2. The number of anilines is 1. The number of carbonyl (C=O) groups excluding carboxylic acids is 2. The van der Waals surface area contributed by atoms with Crippen molar-refractivity contribution >= 4 is 23.5 Å². The first-order valence-corrected chi connectivity index (χ1v) is 6.83. The van der Waals surface area contributed by atoms with Crippen LogP contribution >= 0.6 is 0 Å². The molecule has 4 nitrogen and oxygen atoms in total. The Morgan fingerprint density at radius 3 is 2.59 bits per heavy atom. The summed E-state index contributed by atoms with van der Waals surface area (Å²) in [4.78, 5) is 23.5. The highest BCUT2D eigenvalue weighted by molar-refractivity contribution is 6.07. The maximum absolute atomic E-state index is 12.0. The van der Waals surface area contributed by atoms with Crippen LogP contribution in [-0.2, 0) is 4.79 Å². The van der Waals surface area contributed by atoms with Crippen molar-refractivity contribution in [3.63, 3.8) is 0 Å². The van der Waals surface area contributed by atoms with Gasteiger partial charge >= 0.3 is 0 Å². The van der Waals surface area contributed by atoms with Gasteiger partial charge in [0.1, 0.15) is 5.75 Å². The quantitative estimate of drug-likeness (QED) is 0.678. The lowest BCUT2D eigenvalue weighted by Crippen LogP contribution is -2.11. The average Bonchev–Trinajstić information content (AvgIpc) is 2.53.